The molecule has 21 heavy (non-hydrogen) atoms. The first kappa shape index (κ1) is 24.6. The van der Waals surface area contributed by atoms with Crippen molar-refractivity contribution in [1.82, 2.24) is 0 Å². The molecule has 0 saturated heterocycles. The Morgan fingerprint density at radius 2 is 1.29 bits per heavy atom. The minimum absolute atomic E-state index is 0.140. The zero-order valence-corrected chi connectivity index (χ0v) is 14.0. The summed E-state index contributed by atoms with van der Waals surface area (Å²) >= 11 is 0. The van der Waals surface area contributed by atoms with Crippen LogP contribution in [0.3, 0.4) is 0 Å². The second-order valence-corrected chi connectivity index (χ2v) is 3.96. The van der Waals surface area contributed by atoms with E-state index in [9.17, 15) is 0 Å². The van der Waals surface area contributed by atoms with Gasteiger partial charge in [-0.25, -0.2) is 0 Å². The summed E-state index contributed by atoms with van der Waals surface area (Å²) in [4.78, 5) is 0. The smallest absolute Gasteiger partial charge is 0.0681 e. The van der Waals surface area contributed by atoms with Crippen LogP contribution in [0, 0.1) is 0 Å². The van der Waals surface area contributed by atoms with Crippen LogP contribution in [0.4, 0.5) is 0 Å². The highest BCUT2D eigenvalue weighted by Crippen LogP contribution is 1.95. The van der Waals surface area contributed by atoms with E-state index in [-0.39, 0.29) is 6.61 Å². The van der Waals surface area contributed by atoms with E-state index in [0.29, 0.717) is 0 Å². The number of hydrogen-bond acceptors (Lipinski definition) is 2. The first-order valence-electron chi connectivity index (χ1n) is 7.57. The highest BCUT2D eigenvalue weighted by Gasteiger charge is 1.84. The van der Waals surface area contributed by atoms with Gasteiger partial charge in [0.2, 0.25) is 0 Å². The average molecular weight is 294 g/mol. The first-order valence-corrected chi connectivity index (χ1v) is 7.57. The minimum atomic E-state index is 0.140. The predicted molar refractivity (Wildman–Crippen MR) is 95.5 cm³/mol. The lowest BCUT2D eigenvalue weighted by Gasteiger charge is -1.99. The fraction of sp³-hybridized carbons (Fsp3) is 0.474. The standard InChI is InChI=1S/C8H18O.C7H8O.2C2H4/c1-3-5-7-9-8-6-4-2;8-6-7-4-2-1-3-5-7;2*1-2/h3-8H2,1-2H3;1-5,8H,6H2;2*1-2H2. The van der Waals surface area contributed by atoms with E-state index < -0.39 is 0 Å². The third kappa shape index (κ3) is 24.1. The van der Waals surface area contributed by atoms with Crippen LogP contribution in [0.5, 0.6) is 0 Å². The van der Waals surface area contributed by atoms with Crippen LogP contribution >= 0.6 is 0 Å². The van der Waals surface area contributed by atoms with Gasteiger partial charge >= 0.3 is 0 Å². The molecule has 0 atom stereocenters. The van der Waals surface area contributed by atoms with E-state index in [2.05, 4.69) is 40.2 Å². The molecule has 0 radical (unpaired) electrons. The Labute approximate surface area is 132 Å². The van der Waals surface area contributed by atoms with Crippen LogP contribution < -0.4 is 0 Å². The molecule has 1 aromatic rings. The van der Waals surface area contributed by atoms with E-state index in [1.54, 1.807) is 0 Å². The number of rotatable bonds is 7. The van der Waals surface area contributed by atoms with Crippen LogP contribution in [0.15, 0.2) is 56.6 Å². The molecule has 0 fully saturated rings. The zero-order chi connectivity index (χ0) is 16.8. The zero-order valence-electron chi connectivity index (χ0n) is 14.0. The van der Waals surface area contributed by atoms with Gasteiger partial charge in [-0.3, -0.25) is 0 Å². The van der Waals surface area contributed by atoms with Crippen molar-refractivity contribution in [3.05, 3.63) is 62.2 Å². The minimum Gasteiger partial charge on any atom is -0.392 e. The van der Waals surface area contributed by atoms with Gasteiger partial charge in [0.1, 0.15) is 0 Å². The van der Waals surface area contributed by atoms with Gasteiger partial charge in [0.15, 0.2) is 0 Å². The molecular weight excluding hydrogens is 260 g/mol. The molecule has 2 heteroatoms. The lowest BCUT2D eigenvalue weighted by molar-refractivity contribution is 0.128. The molecule has 0 aliphatic rings. The third-order valence-corrected chi connectivity index (χ3v) is 2.31. The number of hydrogen-bond donors (Lipinski definition) is 1. The quantitative estimate of drug-likeness (QED) is 0.540. The highest BCUT2D eigenvalue weighted by atomic mass is 16.5. The van der Waals surface area contributed by atoms with E-state index in [1.165, 1.54) is 25.7 Å². The molecule has 0 aliphatic heterocycles. The number of aliphatic hydroxyl groups excluding tert-OH is 1. The molecule has 1 aromatic carbocycles. The van der Waals surface area contributed by atoms with Crippen LogP contribution in [0.1, 0.15) is 45.1 Å². The Bertz CT molecular complexity index is 252. The van der Waals surface area contributed by atoms with Gasteiger partial charge in [0.25, 0.3) is 0 Å². The normalized spacial score (nSPS) is 8.14. The SMILES string of the molecule is C=C.C=C.CCCCOCCCC.OCc1ccccc1. The molecule has 0 saturated carbocycles. The van der Waals surface area contributed by atoms with Gasteiger partial charge in [0.05, 0.1) is 6.61 Å². The average Bonchev–Trinajstić information content (AvgIpc) is 2.60. The maximum Gasteiger partial charge on any atom is 0.0681 e. The maximum absolute atomic E-state index is 8.54. The molecule has 1 N–H and O–H groups in total. The van der Waals surface area contributed by atoms with Gasteiger partial charge < -0.3 is 9.84 Å². The van der Waals surface area contributed by atoms with Gasteiger partial charge in [-0.1, -0.05) is 57.0 Å². The van der Waals surface area contributed by atoms with Crippen molar-refractivity contribution in [3.8, 4) is 0 Å². The molecule has 0 unspecified atom stereocenters. The summed E-state index contributed by atoms with van der Waals surface area (Å²) in [5.41, 5.74) is 0.965. The number of benzene rings is 1. The predicted octanol–water partition coefficient (Wildman–Crippen LogP) is 5.39. The van der Waals surface area contributed by atoms with Gasteiger partial charge in [-0.2, -0.15) is 0 Å². The summed E-state index contributed by atoms with van der Waals surface area (Å²) in [6.07, 6.45) is 4.91. The van der Waals surface area contributed by atoms with Crippen molar-refractivity contribution in [2.24, 2.45) is 0 Å². The number of aliphatic hydroxyl groups is 1. The number of unbranched alkanes of at least 4 members (excludes halogenated alkanes) is 2. The van der Waals surface area contributed by atoms with Crippen molar-refractivity contribution in [2.75, 3.05) is 13.2 Å². The van der Waals surface area contributed by atoms with E-state index in [4.69, 9.17) is 9.84 Å². The summed E-state index contributed by atoms with van der Waals surface area (Å²) in [6.45, 7) is 18.4. The molecule has 1 rings (SSSR count). The number of ether oxygens (including phenoxy) is 1. The summed E-state index contributed by atoms with van der Waals surface area (Å²) < 4.78 is 5.31. The van der Waals surface area contributed by atoms with E-state index in [1.807, 2.05) is 30.3 Å². The Kier molecular flexibility index (Phi) is 31.7. The summed E-state index contributed by atoms with van der Waals surface area (Å²) in [5.74, 6) is 0. The van der Waals surface area contributed by atoms with Crippen molar-refractivity contribution < 1.29 is 9.84 Å². The molecule has 0 heterocycles. The van der Waals surface area contributed by atoms with E-state index in [0.717, 1.165) is 18.8 Å². The summed E-state index contributed by atoms with van der Waals surface area (Å²) in [6, 6.07) is 9.52. The highest BCUT2D eigenvalue weighted by molar-refractivity contribution is 5.12. The molecular formula is C19H34O2. The second-order valence-electron chi connectivity index (χ2n) is 3.96. The molecule has 0 bridgehead atoms. The van der Waals surface area contributed by atoms with Crippen molar-refractivity contribution in [2.45, 2.75) is 46.1 Å². The fourth-order valence-corrected chi connectivity index (χ4v) is 1.18. The topological polar surface area (TPSA) is 29.5 Å². The Morgan fingerprint density at radius 3 is 1.57 bits per heavy atom. The molecule has 0 aliphatic carbocycles. The molecule has 0 spiro atoms. The Balaban J connectivity index is -0.000000250. The largest absolute Gasteiger partial charge is 0.392 e. The summed E-state index contributed by atoms with van der Waals surface area (Å²) in [5, 5.41) is 8.54. The molecule has 122 valence electrons. The maximum atomic E-state index is 8.54. The first-order chi connectivity index (χ1) is 10.3. The lowest BCUT2D eigenvalue weighted by atomic mass is 10.2. The second kappa shape index (κ2) is 27.0. The molecule has 0 amide bonds. The lowest BCUT2D eigenvalue weighted by Crippen LogP contribution is -1.95. The van der Waals surface area contributed by atoms with Crippen LogP contribution in [0.2, 0.25) is 0 Å². The van der Waals surface area contributed by atoms with Crippen LogP contribution in [0.25, 0.3) is 0 Å². The fourth-order valence-electron chi connectivity index (χ4n) is 1.18. The monoisotopic (exact) mass is 294 g/mol. The van der Waals surface area contributed by atoms with E-state index >= 15 is 0 Å². The molecule has 0 aromatic heterocycles. The van der Waals surface area contributed by atoms with Crippen molar-refractivity contribution in [3.63, 3.8) is 0 Å². The Morgan fingerprint density at radius 1 is 0.857 bits per heavy atom. The van der Waals surface area contributed by atoms with Gasteiger partial charge in [-0.05, 0) is 18.4 Å². The van der Waals surface area contributed by atoms with Crippen molar-refractivity contribution in [1.29, 1.82) is 0 Å². The van der Waals surface area contributed by atoms with Gasteiger partial charge in [0, 0.05) is 13.2 Å². The van der Waals surface area contributed by atoms with Gasteiger partial charge in [-0.15, -0.1) is 26.3 Å². The Hall–Kier alpha value is -1.38. The third-order valence-electron chi connectivity index (χ3n) is 2.31. The summed E-state index contributed by atoms with van der Waals surface area (Å²) in [7, 11) is 0. The van der Waals surface area contributed by atoms with Crippen LogP contribution in [-0.4, -0.2) is 18.3 Å². The van der Waals surface area contributed by atoms with Crippen LogP contribution in [-0.2, 0) is 11.3 Å². The van der Waals surface area contributed by atoms with Crippen molar-refractivity contribution >= 4 is 0 Å². The molecule has 2 nitrogen and oxygen atoms in total.